The summed E-state index contributed by atoms with van der Waals surface area (Å²) in [5.41, 5.74) is 17.3. The summed E-state index contributed by atoms with van der Waals surface area (Å²) in [6.45, 7) is 16.1. The Balaban J connectivity index is 1.66. The second-order valence-corrected chi connectivity index (χ2v) is 12.4. The van der Waals surface area contributed by atoms with Gasteiger partial charge in [0.05, 0.1) is 28.7 Å². The van der Waals surface area contributed by atoms with Crippen LogP contribution >= 0.6 is 0 Å². The molecule has 0 spiro atoms. The third-order valence-corrected chi connectivity index (χ3v) is 9.43. The summed E-state index contributed by atoms with van der Waals surface area (Å²) in [7, 11) is 0. The van der Waals surface area contributed by atoms with Crippen molar-refractivity contribution in [2.45, 2.75) is 80.6 Å². The maximum Gasteiger partial charge on any atom is 0.0826 e. The zero-order valence-electron chi connectivity index (χ0n) is 24.5. The maximum absolute atomic E-state index is 5.51. The van der Waals surface area contributed by atoms with E-state index in [2.05, 4.69) is 95.9 Å². The zero-order valence-corrected chi connectivity index (χ0v) is 24.5. The molecule has 2 aromatic rings. The molecule has 0 radical (unpaired) electrons. The highest BCUT2D eigenvalue weighted by molar-refractivity contribution is 6.11. The monoisotopic (exact) mass is 513 g/mol. The first-order chi connectivity index (χ1) is 18.8. The van der Waals surface area contributed by atoms with E-state index in [1.807, 2.05) is 0 Å². The molecule has 7 rings (SSSR count). The van der Waals surface area contributed by atoms with E-state index in [1.165, 1.54) is 78.4 Å². The van der Waals surface area contributed by atoms with Gasteiger partial charge in [-0.2, -0.15) is 0 Å². The number of anilines is 1. The third kappa shape index (κ3) is 3.22. The van der Waals surface area contributed by atoms with Gasteiger partial charge in [0.1, 0.15) is 0 Å². The van der Waals surface area contributed by atoms with Crippen LogP contribution in [0.15, 0.2) is 86.9 Å². The van der Waals surface area contributed by atoms with E-state index in [4.69, 9.17) is 9.98 Å². The molecule has 3 aliphatic heterocycles. The third-order valence-electron chi connectivity index (χ3n) is 9.43. The van der Waals surface area contributed by atoms with Gasteiger partial charge in [0, 0.05) is 33.6 Å². The summed E-state index contributed by atoms with van der Waals surface area (Å²) in [6.07, 6.45) is 14.3. The highest BCUT2D eigenvalue weighted by Crippen LogP contribution is 2.58. The average molecular weight is 514 g/mol. The molecule has 0 saturated heterocycles. The first kappa shape index (κ1) is 24.6. The lowest BCUT2D eigenvalue weighted by molar-refractivity contribution is 0.488. The van der Waals surface area contributed by atoms with Crippen molar-refractivity contribution in [3.8, 4) is 0 Å². The van der Waals surface area contributed by atoms with Crippen LogP contribution in [0.2, 0.25) is 0 Å². The van der Waals surface area contributed by atoms with Gasteiger partial charge in [0.15, 0.2) is 0 Å². The van der Waals surface area contributed by atoms with Gasteiger partial charge in [0.2, 0.25) is 0 Å². The van der Waals surface area contributed by atoms with Crippen LogP contribution < -0.4 is 4.90 Å². The number of hydrogen-bond donors (Lipinski definition) is 0. The van der Waals surface area contributed by atoms with Gasteiger partial charge in [-0.1, -0.05) is 84.4 Å². The van der Waals surface area contributed by atoms with E-state index >= 15 is 0 Å². The summed E-state index contributed by atoms with van der Waals surface area (Å²) in [5.74, 6) is 0.185. The molecular weight excluding hydrogens is 474 g/mol. The summed E-state index contributed by atoms with van der Waals surface area (Å²) >= 11 is 0. The summed E-state index contributed by atoms with van der Waals surface area (Å²) in [5, 5.41) is 2.67. The van der Waals surface area contributed by atoms with Gasteiger partial charge in [-0.25, -0.2) is 0 Å². The number of aryl methyl sites for hydroxylation is 2. The highest BCUT2D eigenvalue weighted by Gasteiger charge is 2.46. The molecule has 0 saturated carbocycles. The number of nitrogens with zero attached hydrogens (tertiary/aromatic N) is 3. The van der Waals surface area contributed by atoms with E-state index in [-0.39, 0.29) is 11.3 Å². The number of aliphatic imine (C=N–C) groups is 1. The minimum Gasteiger partial charge on any atom is -0.311 e. The molecule has 1 atom stereocenters. The lowest BCUT2D eigenvalue weighted by Crippen LogP contribution is -2.40. The largest absolute Gasteiger partial charge is 0.311 e. The van der Waals surface area contributed by atoms with Crippen LogP contribution in [-0.2, 0) is 12.8 Å². The van der Waals surface area contributed by atoms with E-state index in [9.17, 15) is 0 Å². The molecule has 0 N–H and O–H groups in total. The van der Waals surface area contributed by atoms with Crippen molar-refractivity contribution in [2.75, 3.05) is 4.90 Å². The Morgan fingerprint density at radius 2 is 1.82 bits per heavy atom. The molecule has 1 aromatic heterocycles. The predicted octanol–water partition coefficient (Wildman–Crippen LogP) is 9.18. The molecule has 0 fully saturated rings. The molecule has 0 bridgehead atoms. The van der Waals surface area contributed by atoms with E-state index in [0.717, 1.165) is 37.8 Å². The maximum atomic E-state index is 5.51. The standard InChI is InChI=1S/C36H39N3/c1-8-21-23-14-12-16-29-31(23)33(37-27(21)10-3)25-18-20(36(5,6)7)19-26-34-32-24(22(9-2)28(11-4)38-34)15-13-17-30(32)39(29)35(25)26/h12-18,32H,8-11,19H2,1-7H3. The minimum atomic E-state index is 0.0613. The fraction of sp³-hybridized carbons (Fsp3) is 0.389. The van der Waals surface area contributed by atoms with E-state index in [0.29, 0.717) is 0 Å². The number of rotatable bonds is 4. The quantitative estimate of drug-likeness (QED) is 0.408. The molecule has 2 aliphatic carbocycles. The van der Waals surface area contributed by atoms with Crippen LogP contribution in [0.3, 0.4) is 0 Å². The highest BCUT2D eigenvalue weighted by atomic mass is 15.2. The van der Waals surface area contributed by atoms with Crippen molar-refractivity contribution in [1.82, 2.24) is 4.98 Å². The fourth-order valence-corrected chi connectivity index (χ4v) is 7.53. The number of aromatic nitrogens is 1. The van der Waals surface area contributed by atoms with Crippen molar-refractivity contribution in [2.24, 2.45) is 16.3 Å². The number of pyridine rings is 1. The molecule has 4 heterocycles. The van der Waals surface area contributed by atoms with Crippen molar-refractivity contribution in [1.29, 1.82) is 0 Å². The van der Waals surface area contributed by atoms with Crippen LogP contribution in [0, 0.1) is 11.3 Å². The minimum absolute atomic E-state index is 0.0613. The normalized spacial score (nSPS) is 21.3. The molecule has 1 unspecified atom stereocenters. The lowest BCUT2D eigenvalue weighted by atomic mass is 9.69. The van der Waals surface area contributed by atoms with Crippen LogP contribution in [-0.4, -0.2) is 10.7 Å². The summed E-state index contributed by atoms with van der Waals surface area (Å²) < 4.78 is 0. The number of dihydropyridines is 1. The second-order valence-electron chi connectivity index (χ2n) is 12.4. The van der Waals surface area contributed by atoms with Gasteiger partial charge in [0.25, 0.3) is 0 Å². The first-order valence-corrected chi connectivity index (χ1v) is 14.9. The van der Waals surface area contributed by atoms with Gasteiger partial charge in [-0.15, -0.1) is 0 Å². The summed E-state index contributed by atoms with van der Waals surface area (Å²) in [4.78, 5) is 13.6. The molecular formula is C36H39N3. The molecule has 3 nitrogen and oxygen atoms in total. The Morgan fingerprint density at radius 3 is 2.51 bits per heavy atom. The van der Waals surface area contributed by atoms with Crippen LogP contribution in [0.4, 0.5) is 5.69 Å². The van der Waals surface area contributed by atoms with Crippen LogP contribution in [0.25, 0.3) is 16.3 Å². The number of benzene rings is 1. The number of allylic oxidation sites excluding steroid dienone is 8. The average Bonchev–Trinajstić information content (AvgIpc) is 2.94. The van der Waals surface area contributed by atoms with Crippen LogP contribution in [0.5, 0.6) is 0 Å². The Kier molecular flexibility index (Phi) is 5.37. The Hall–Kier alpha value is -3.46. The Morgan fingerprint density at radius 1 is 1.00 bits per heavy atom. The van der Waals surface area contributed by atoms with Crippen LogP contribution in [0.1, 0.15) is 84.7 Å². The zero-order chi connectivity index (χ0) is 27.2. The van der Waals surface area contributed by atoms with Gasteiger partial charge < -0.3 is 4.90 Å². The fourth-order valence-electron chi connectivity index (χ4n) is 7.53. The Bertz CT molecular complexity index is 1690. The van der Waals surface area contributed by atoms with Gasteiger partial charge >= 0.3 is 0 Å². The van der Waals surface area contributed by atoms with Crippen molar-refractivity contribution in [3.63, 3.8) is 0 Å². The lowest BCUT2D eigenvalue weighted by Gasteiger charge is -2.48. The van der Waals surface area contributed by atoms with Crippen molar-refractivity contribution in [3.05, 3.63) is 98.8 Å². The smallest absolute Gasteiger partial charge is 0.0826 e. The van der Waals surface area contributed by atoms with E-state index < -0.39 is 0 Å². The topological polar surface area (TPSA) is 28.5 Å². The van der Waals surface area contributed by atoms with Gasteiger partial charge in [-0.05, 0) is 71.8 Å². The molecule has 0 amide bonds. The number of hydrogen-bond acceptors (Lipinski definition) is 3. The van der Waals surface area contributed by atoms with Crippen molar-refractivity contribution >= 4 is 27.7 Å². The second kappa shape index (κ2) is 8.52. The summed E-state index contributed by atoms with van der Waals surface area (Å²) in [6, 6.07) is 6.90. The molecule has 39 heavy (non-hydrogen) atoms. The van der Waals surface area contributed by atoms with Gasteiger partial charge in [-0.3, -0.25) is 9.98 Å². The molecule has 198 valence electrons. The SMILES string of the molecule is CCC1=NC2=C3CC(C(C)(C)C)=CC4=C3N(C3=CC=CC(=C1CC)C32)c1cccc2c(CC)c(CC)nc4c12. The molecule has 5 aliphatic rings. The predicted molar refractivity (Wildman–Crippen MR) is 165 cm³/mol. The number of fused-ring (bicyclic) bond motifs is 3. The van der Waals surface area contributed by atoms with E-state index in [1.54, 1.807) is 0 Å². The molecule has 1 aromatic carbocycles. The Labute approximate surface area is 233 Å². The molecule has 3 heteroatoms. The first-order valence-electron chi connectivity index (χ1n) is 14.9. The van der Waals surface area contributed by atoms with Crippen molar-refractivity contribution < 1.29 is 0 Å².